The number of hydrogen-bond acceptors (Lipinski definition) is 7. The maximum absolute atomic E-state index is 12.6. The number of phenols is 1. The normalized spacial score (nSPS) is 16.3. The van der Waals surface area contributed by atoms with Gasteiger partial charge in [0.05, 0.1) is 29.1 Å². The van der Waals surface area contributed by atoms with Crippen LogP contribution in [0.25, 0.3) is 0 Å². The van der Waals surface area contributed by atoms with E-state index in [0.717, 1.165) is 23.1 Å². The number of amides is 2. The lowest BCUT2D eigenvalue weighted by atomic mass is 10.1. The molecule has 0 saturated carbocycles. The number of non-ortho nitro benzene ring substituents is 1. The third-order valence-electron chi connectivity index (χ3n) is 4.22. The van der Waals surface area contributed by atoms with Gasteiger partial charge in [0.2, 0.25) is 5.91 Å². The molecule has 2 amide bonds. The van der Waals surface area contributed by atoms with Crippen molar-refractivity contribution in [3.8, 4) is 5.75 Å². The molecule has 1 unspecified atom stereocenters. The highest BCUT2D eigenvalue weighted by molar-refractivity contribution is 6.23. The summed E-state index contributed by atoms with van der Waals surface area (Å²) in [5.41, 5.74) is 0.505. The van der Waals surface area contributed by atoms with E-state index in [4.69, 9.17) is 5.11 Å². The van der Waals surface area contributed by atoms with Gasteiger partial charge in [-0.2, -0.15) is 0 Å². The summed E-state index contributed by atoms with van der Waals surface area (Å²) in [6.07, 6.45) is -0.379. The lowest BCUT2D eigenvalue weighted by molar-refractivity contribution is -0.384. The number of imide groups is 1. The maximum Gasteiger partial charge on any atom is 0.307 e. The molecular formula is C18H15N3O7. The van der Waals surface area contributed by atoms with Crippen LogP contribution in [-0.4, -0.2) is 39.0 Å². The minimum Gasteiger partial charge on any atom is -0.506 e. The van der Waals surface area contributed by atoms with E-state index < -0.39 is 28.7 Å². The summed E-state index contributed by atoms with van der Waals surface area (Å²) in [7, 11) is 0. The smallest absolute Gasteiger partial charge is 0.307 e. The molecule has 2 aromatic carbocycles. The van der Waals surface area contributed by atoms with Crippen LogP contribution in [0.1, 0.15) is 12.0 Å². The third kappa shape index (κ3) is 3.75. The fourth-order valence-electron chi connectivity index (χ4n) is 2.89. The van der Waals surface area contributed by atoms with Crippen molar-refractivity contribution in [3.63, 3.8) is 0 Å². The zero-order valence-corrected chi connectivity index (χ0v) is 14.4. The van der Waals surface area contributed by atoms with Crippen LogP contribution in [0.5, 0.6) is 5.75 Å². The predicted octanol–water partition coefficient (Wildman–Crippen LogP) is 1.67. The van der Waals surface area contributed by atoms with Crippen LogP contribution in [0, 0.1) is 10.1 Å². The highest BCUT2D eigenvalue weighted by atomic mass is 16.6. The Morgan fingerprint density at radius 2 is 1.89 bits per heavy atom. The summed E-state index contributed by atoms with van der Waals surface area (Å²) in [4.78, 5) is 46.9. The molecule has 10 heteroatoms. The predicted molar refractivity (Wildman–Crippen MR) is 97.1 cm³/mol. The van der Waals surface area contributed by atoms with E-state index in [9.17, 15) is 29.6 Å². The van der Waals surface area contributed by atoms with Crippen molar-refractivity contribution in [3.05, 3.63) is 58.1 Å². The number of nitrogens with zero attached hydrogens (tertiary/aromatic N) is 2. The molecule has 0 aromatic heterocycles. The quantitative estimate of drug-likeness (QED) is 0.294. The molecule has 144 valence electrons. The number of carboxylic acids is 1. The number of carbonyl (C=O) groups is 3. The van der Waals surface area contributed by atoms with E-state index in [1.54, 1.807) is 0 Å². The molecule has 2 aromatic rings. The zero-order chi connectivity index (χ0) is 20.4. The second-order valence-electron chi connectivity index (χ2n) is 6.16. The molecule has 1 aliphatic heterocycles. The Bertz CT molecular complexity index is 972. The number of phenolic OH excluding ortho intramolecular Hbond substituents is 1. The van der Waals surface area contributed by atoms with Crippen molar-refractivity contribution >= 4 is 34.8 Å². The summed E-state index contributed by atoms with van der Waals surface area (Å²) in [6.45, 7) is 0. The third-order valence-corrected chi connectivity index (χ3v) is 4.22. The molecule has 1 atom stereocenters. The average molecular weight is 385 g/mol. The molecular weight excluding hydrogens is 370 g/mol. The molecule has 1 saturated heterocycles. The van der Waals surface area contributed by atoms with Crippen LogP contribution in [-0.2, 0) is 20.8 Å². The Hall–Kier alpha value is -3.95. The molecule has 1 heterocycles. The number of aromatic hydroxyl groups is 1. The summed E-state index contributed by atoms with van der Waals surface area (Å²) in [5.74, 6) is -2.36. The van der Waals surface area contributed by atoms with E-state index in [2.05, 4.69) is 5.32 Å². The van der Waals surface area contributed by atoms with Crippen molar-refractivity contribution in [1.29, 1.82) is 0 Å². The second-order valence-corrected chi connectivity index (χ2v) is 6.16. The van der Waals surface area contributed by atoms with Gasteiger partial charge in [0.1, 0.15) is 11.8 Å². The van der Waals surface area contributed by atoms with Gasteiger partial charge < -0.3 is 15.5 Å². The van der Waals surface area contributed by atoms with Gasteiger partial charge in [-0.05, 0) is 23.8 Å². The van der Waals surface area contributed by atoms with Gasteiger partial charge in [0.25, 0.3) is 11.6 Å². The van der Waals surface area contributed by atoms with Gasteiger partial charge in [0, 0.05) is 12.1 Å². The minimum absolute atomic E-state index is 0.0287. The van der Waals surface area contributed by atoms with E-state index in [-0.39, 0.29) is 35.7 Å². The first-order valence-electron chi connectivity index (χ1n) is 8.17. The Kier molecular flexibility index (Phi) is 4.94. The number of nitro groups is 1. The van der Waals surface area contributed by atoms with Crippen LogP contribution >= 0.6 is 0 Å². The zero-order valence-electron chi connectivity index (χ0n) is 14.4. The number of nitro benzene ring substituents is 1. The summed E-state index contributed by atoms with van der Waals surface area (Å²) >= 11 is 0. The molecule has 10 nitrogen and oxygen atoms in total. The van der Waals surface area contributed by atoms with Crippen LogP contribution in [0.2, 0.25) is 0 Å². The summed E-state index contributed by atoms with van der Waals surface area (Å²) in [6, 6.07) is 8.29. The molecule has 1 fully saturated rings. The molecule has 1 aliphatic rings. The van der Waals surface area contributed by atoms with Gasteiger partial charge in [-0.1, -0.05) is 12.1 Å². The minimum atomic E-state index is -1.00. The number of benzene rings is 2. The van der Waals surface area contributed by atoms with Crippen LogP contribution in [0.4, 0.5) is 17.1 Å². The van der Waals surface area contributed by atoms with Gasteiger partial charge in [-0.25, -0.2) is 4.90 Å². The standard InChI is InChI=1S/C18H15N3O7/c22-15-6-5-12(21(27)28)8-13(15)19-14-9-16(23)20(18(14)26)11-3-1-10(2-4-11)7-17(24)25/h1-6,8,14,19,22H,7,9H2,(H,24,25). The fourth-order valence-corrected chi connectivity index (χ4v) is 2.89. The number of anilines is 2. The highest BCUT2D eigenvalue weighted by Crippen LogP contribution is 2.31. The monoisotopic (exact) mass is 385 g/mol. The number of nitrogens with one attached hydrogen (secondary N) is 1. The fraction of sp³-hybridized carbons (Fsp3) is 0.167. The molecule has 0 aliphatic carbocycles. The Morgan fingerprint density at radius 1 is 1.21 bits per heavy atom. The maximum atomic E-state index is 12.6. The van der Waals surface area contributed by atoms with E-state index in [0.29, 0.717) is 5.56 Å². The SMILES string of the molecule is O=C(O)Cc1ccc(N2C(=O)CC(Nc3cc([N+](=O)[O-])ccc3O)C2=O)cc1. The van der Waals surface area contributed by atoms with Crippen molar-refractivity contribution in [2.75, 3.05) is 10.2 Å². The number of carboxylic acid groups (broad SMARTS) is 1. The Labute approximate surface area is 158 Å². The largest absolute Gasteiger partial charge is 0.506 e. The molecule has 3 rings (SSSR count). The van der Waals surface area contributed by atoms with Gasteiger partial charge in [-0.15, -0.1) is 0 Å². The summed E-state index contributed by atoms with van der Waals surface area (Å²) in [5, 5.41) is 32.2. The number of carbonyl (C=O) groups excluding carboxylic acids is 2. The first-order chi connectivity index (χ1) is 13.3. The van der Waals surface area contributed by atoms with Crippen molar-refractivity contribution in [2.45, 2.75) is 18.9 Å². The first kappa shape index (κ1) is 18.8. The Morgan fingerprint density at radius 3 is 2.50 bits per heavy atom. The lowest BCUT2D eigenvalue weighted by Gasteiger charge is -2.17. The first-order valence-corrected chi connectivity index (χ1v) is 8.17. The summed E-state index contributed by atoms with van der Waals surface area (Å²) < 4.78 is 0. The number of hydrogen-bond donors (Lipinski definition) is 3. The molecule has 0 spiro atoms. The van der Waals surface area contributed by atoms with Gasteiger partial charge in [0.15, 0.2) is 0 Å². The molecule has 0 bridgehead atoms. The molecule has 3 N–H and O–H groups in total. The van der Waals surface area contributed by atoms with Crippen molar-refractivity contribution in [1.82, 2.24) is 0 Å². The van der Waals surface area contributed by atoms with Crippen LogP contribution in [0.3, 0.4) is 0 Å². The van der Waals surface area contributed by atoms with Crippen LogP contribution in [0.15, 0.2) is 42.5 Å². The van der Waals surface area contributed by atoms with Crippen LogP contribution < -0.4 is 10.2 Å². The number of aliphatic carboxylic acids is 1. The van der Waals surface area contributed by atoms with Gasteiger partial charge >= 0.3 is 5.97 Å². The molecule has 0 radical (unpaired) electrons. The van der Waals surface area contributed by atoms with E-state index in [1.165, 1.54) is 24.3 Å². The average Bonchev–Trinajstić information content (AvgIpc) is 2.90. The van der Waals surface area contributed by atoms with Gasteiger partial charge in [-0.3, -0.25) is 24.5 Å². The second kappa shape index (κ2) is 7.35. The number of rotatable bonds is 6. The van der Waals surface area contributed by atoms with E-state index >= 15 is 0 Å². The van der Waals surface area contributed by atoms with E-state index in [1.807, 2.05) is 0 Å². The molecule has 28 heavy (non-hydrogen) atoms. The lowest BCUT2D eigenvalue weighted by Crippen LogP contribution is -2.34. The Balaban J connectivity index is 1.79. The van der Waals surface area contributed by atoms with Crippen molar-refractivity contribution < 1.29 is 29.5 Å². The van der Waals surface area contributed by atoms with Crippen molar-refractivity contribution in [2.24, 2.45) is 0 Å². The topological polar surface area (TPSA) is 150 Å². The highest BCUT2D eigenvalue weighted by Gasteiger charge is 2.40.